The predicted molar refractivity (Wildman–Crippen MR) is 124 cm³/mol. The van der Waals surface area contributed by atoms with Gasteiger partial charge in [0, 0.05) is 6.42 Å². The number of carboxylic acid groups (broad SMARTS) is 3. The van der Waals surface area contributed by atoms with Crippen LogP contribution in [0.25, 0.3) is 0 Å². The molecule has 1 saturated heterocycles. The number of aliphatic hydroxyl groups is 2. The van der Waals surface area contributed by atoms with Crippen LogP contribution < -0.4 is 26.6 Å². The van der Waals surface area contributed by atoms with Crippen LogP contribution in [0.5, 0.6) is 0 Å². The standard InChI is InChI=1S/C21H33N5O12/c1-9(28)16(21(37)38)26-20(36)13(8-27)25-19(35)12(7-15(31)32)24-18(34)11(4-5-14(29)30)23-17(33)10-3-2-6-22-10/h9-13,16,22,27-28H,2-8H2,1H3,(H,23,33)(H,24,34)(H,25,35)(H,26,36)(H,29,30)(H,31,32)(H,37,38)/t9-,10+,11+,12+,13+,16+/m1/s1. The quantitative estimate of drug-likeness (QED) is 0.0872. The molecule has 0 radical (unpaired) electrons. The summed E-state index contributed by atoms with van der Waals surface area (Å²) >= 11 is 0. The number of rotatable bonds is 16. The lowest BCUT2D eigenvalue weighted by Gasteiger charge is -2.25. The highest BCUT2D eigenvalue weighted by atomic mass is 16.4. The first-order chi connectivity index (χ1) is 17.8. The van der Waals surface area contributed by atoms with E-state index in [1.807, 2.05) is 10.6 Å². The van der Waals surface area contributed by atoms with Crippen molar-refractivity contribution < 1.29 is 59.1 Å². The van der Waals surface area contributed by atoms with Gasteiger partial charge in [0.25, 0.3) is 0 Å². The van der Waals surface area contributed by atoms with Crippen LogP contribution in [0, 0.1) is 0 Å². The molecule has 38 heavy (non-hydrogen) atoms. The van der Waals surface area contributed by atoms with Gasteiger partial charge in [0.15, 0.2) is 6.04 Å². The van der Waals surface area contributed by atoms with Crippen molar-refractivity contribution in [3.8, 4) is 0 Å². The highest BCUT2D eigenvalue weighted by Crippen LogP contribution is 2.07. The highest BCUT2D eigenvalue weighted by Gasteiger charge is 2.34. The number of aliphatic carboxylic acids is 3. The van der Waals surface area contributed by atoms with Crippen LogP contribution in [-0.2, 0) is 33.6 Å². The van der Waals surface area contributed by atoms with Gasteiger partial charge in [-0.2, -0.15) is 0 Å². The molecule has 1 fully saturated rings. The first-order valence-corrected chi connectivity index (χ1v) is 11.7. The topological polar surface area (TPSA) is 281 Å². The fourth-order valence-electron chi connectivity index (χ4n) is 3.48. The van der Waals surface area contributed by atoms with E-state index in [9.17, 15) is 48.9 Å². The molecular weight excluding hydrogens is 514 g/mol. The maximum atomic E-state index is 12.9. The van der Waals surface area contributed by atoms with Crippen molar-refractivity contribution >= 4 is 41.5 Å². The lowest BCUT2D eigenvalue weighted by atomic mass is 10.1. The SMILES string of the molecule is C[C@@H](O)[C@H](NC(=O)[C@H](CO)NC(=O)[C@H](CC(=O)O)NC(=O)[C@H](CCC(=O)O)NC(=O)[C@@H]1CCCN1)C(=O)O. The van der Waals surface area contributed by atoms with Crippen molar-refractivity contribution in [1.29, 1.82) is 0 Å². The number of nitrogens with one attached hydrogen (secondary N) is 5. The zero-order chi connectivity index (χ0) is 29.0. The molecule has 17 nitrogen and oxygen atoms in total. The molecule has 0 saturated carbocycles. The molecule has 0 aliphatic carbocycles. The van der Waals surface area contributed by atoms with Crippen LogP contribution in [0.3, 0.4) is 0 Å². The van der Waals surface area contributed by atoms with Gasteiger partial charge in [0.1, 0.15) is 18.1 Å². The monoisotopic (exact) mass is 547 g/mol. The fourth-order valence-corrected chi connectivity index (χ4v) is 3.48. The third-order valence-corrected chi connectivity index (χ3v) is 5.53. The molecule has 0 bridgehead atoms. The Morgan fingerprint density at radius 3 is 1.89 bits per heavy atom. The van der Waals surface area contributed by atoms with Gasteiger partial charge in [-0.3, -0.25) is 28.8 Å². The molecule has 1 heterocycles. The lowest BCUT2D eigenvalue weighted by molar-refractivity contribution is -0.146. The van der Waals surface area contributed by atoms with Crippen molar-refractivity contribution in [3.05, 3.63) is 0 Å². The summed E-state index contributed by atoms with van der Waals surface area (Å²) in [6.07, 6.45) is -2.26. The third kappa shape index (κ3) is 10.7. The average Bonchev–Trinajstić information content (AvgIpc) is 3.37. The second-order valence-corrected chi connectivity index (χ2v) is 8.61. The van der Waals surface area contributed by atoms with Crippen LogP contribution in [0.2, 0.25) is 0 Å². The van der Waals surface area contributed by atoms with Gasteiger partial charge in [0.2, 0.25) is 23.6 Å². The molecule has 0 aromatic carbocycles. The minimum atomic E-state index is -1.83. The summed E-state index contributed by atoms with van der Waals surface area (Å²) in [5.41, 5.74) is 0. The summed E-state index contributed by atoms with van der Waals surface area (Å²) < 4.78 is 0. The molecule has 214 valence electrons. The predicted octanol–water partition coefficient (Wildman–Crippen LogP) is -4.53. The summed E-state index contributed by atoms with van der Waals surface area (Å²) in [6, 6.07) is -7.45. The van der Waals surface area contributed by atoms with E-state index in [0.717, 1.165) is 6.92 Å². The first-order valence-electron chi connectivity index (χ1n) is 11.7. The van der Waals surface area contributed by atoms with Crippen molar-refractivity contribution in [2.45, 2.75) is 75.3 Å². The molecule has 17 heteroatoms. The van der Waals surface area contributed by atoms with E-state index in [-0.39, 0.29) is 6.42 Å². The van der Waals surface area contributed by atoms with Gasteiger partial charge in [-0.1, -0.05) is 0 Å². The summed E-state index contributed by atoms with van der Waals surface area (Å²) in [5, 5.41) is 57.5. The van der Waals surface area contributed by atoms with Crippen LogP contribution in [0.1, 0.15) is 39.0 Å². The lowest BCUT2D eigenvalue weighted by Crippen LogP contribution is -2.60. The zero-order valence-electron chi connectivity index (χ0n) is 20.5. The largest absolute Gasteiger partial charge is 0.481 e. The van der Waals surface area contributed by atoms with Crippen LogP contribution >= 0.6 is 0 Å². The minimum Gasteiger partial charge on any atom is -0.481 e. The Kier molecular flexibility index (Phi) is 13.1. The second kappa shape index (κ2) is 15.4. The molecule has 0 spiro atoms. The van der Waals surface area contributed by atoms with E-state index in [1.165, 1.54) is 0 Å². The van der Waals surface area contributed by atoms with Gasteiger partial charge < -0.3 is 52.1 Å². The molecule has 6 atom stereocenters. The van der Waals surface area contributed by atoms with Crippen molar-refractivity contribution in [3.63, 3.8) is 0 Å². The van der Waals surface area contributed by atoms with Crippen LogP contribution in [0.4, 0.5) is 0 Å². The first kappa shape index (κ1) is 32.2. The van der Waals surface area contributed by atoms with E-state index in [2.05, 4.69) is 16.0 Å². The smallest absolute Gasteiger partial charge is 0.328 e. The Labute approximate surface area is 216 Å². The maximum absolute atomic E-state index is 12.9. The van der Waals surface area contributed by atoms with E-state index in [4.69, 9.17) is 10.2 Å². The molecule has 0 aromatic rings. The molecule has 10 N–H and O–H groups in total. The molecule has 0 aromatic heterocycles. The van der Waals surface area contributed by atoms with Crippen LogP contribution in [-0.4, -0.2) is 117 Å². The Balaban J connectivity index is 2.99. The summed E-state index contributed by atoms with van der Waals surface area (Å²) in [7, 11) is 0. The normalized spacial score (nSPS) is 18.7. The highest BCUT2D eigenvalue weighted by molar-refractivity contribution is 5.97. The van der Waals surface area contributed by atoms with Gasteiger partial charge >= 0.3 is 17.9 Å². The Bertz CT molecular complexity index is 905. The summed E-state index contributed by atoms with van der Waals surface area (Å²) in [5.74, 6) is -8.54. The number of amides is 4. The Morgan fingerprint density at radius 1 is 0.842 bits per heavy atom. The van der Waals surface area contributed by atoms with Gasteiger partial charge in [-0.25, -0.2) is 4.79 Å². The molecule has 4 amide bonds. The van der Waals surface area contributed by atoms with Gasteiger partial charge in [-0.15, -0.1) is 0 Å². The van der Waals surface area contributed by atoms with E-state index in [1.54, 1.807) is 0 Å². The second-order valence-electron chi connectivity index (χ2n) is 8.61. The van der Waals surface area contributed by atoms with Crippen molar-refractivity contribution in [2.24, 2.45) is 0 Å². The number of aliphatic hydroxyl groups excluding tert-OH is 2. The van der Waals surface area contributed by atoms with Crippen molar-refractivity contribution in [2.75, 3.05) is 13.2 Å². The summed E-state index contributed by atoms with van der Waals surface area (Å²) in [6.45, 7) is 0.588. The molecular formula is C21H33N5O12. The molecule has 1 aliphatic rings. The van der Waals surface area contributed by atoms with E-state index >= 15 is 0 Å². The maximum Gasteiger partial charge on any atom is 0.328 e. The fraction of sp³-hybridized carbons (Fsp3) is 0.667. The number of carboxylic acids is 3. The molecule has 1 rings (SSSR count). The third-order valence-electron chi connectivity index (χ3n) is 5.53. The average molecular weight is 548 g/mol. The van der Waals surface area contributed by atoms with E-state index in [0.29, 0.717) is 19.4 Å². The Hall–Kier alpha value is -3.83. The van der Waals surface area contributed by atoms with Gasteiger partial charge in [-0.05, 0) is 32.7 Å². The van der Waals surface area contributed by atoms with Gasteiger partial charge in [0.05, 0.1) is 25.2 Å². The van der Waals surface area contributed by atoms with Crippen LogP contribution in [0.15, 0.2) is 0 Å². The van der Waals surface area contributed by atoms with Crippen molar-refractivity contribution in [1.82, 2.24) is 26.6 Å². The number of carbonyl (C=O) groups excluding carboxylic acids is 4. The number of carbonyl (C=O) groups is 7. The molecule has 0 unspecified atom stereocenters. The van der Waals surface area contributed by atoms with E-state index < -0.39 is 97.3 Å². The number of hydrogen-bond donors (Lipinski definition) is 10. The zero-order valence-corrected chi connectivity index (χ0v) is 20.5. The molecule has 1 aliphatic heterocycles. The minimum absolute atomic E-state index is 0.376. The summed E-state index contributed by atoms with van der Waals surface area (Å²) in [4.78, 5) is 83.8. The number of hydrogen-bond acceptors (Lipinski definition) is 10. The Morgan fingerprint density at radius 2 is 1.42 bits per heavy atom.